The standard InChI is InChI=1S/C18H32N2O3/c1-22-15-13-23-11-7-14(15)12-19-17(21)20-16-6-5-10-18(16)8-3-2-4-9-18/h14-16H,2-13H2,1H3,(H2,19,20,21). The summed E-state index contributed by atoms with van der Waals surface area (Å²) in [4.78, 5) is 12.4. The fraction of sp³-hybridized carbons (Fsp3) is 0.944. The zero-order valence-corrected chi connectivity index (χ0v) is 14.4. The molecular weight excluding hydrogens is 292 g/mol. The first-order valence-electron chi connectivity index (χ1n) is 9.38. The molecule has 1 heterocycles. The molecule has 2 aliphatic carbocycles. The fourth-order valence-corrected chi connectivity index (χ4v) is 4.90. The molecule has 2 N–H and O–H groups in total. The molecule has 3 fully saturated rings. The van der Waals surface area contributed by atoms with Crippen molar-refractivity contribution in [1.29, 1.82) is 0 Å². The summed E-state index contributed by atoms with van der Waals surface area (Å²) in [6.07, 6.45) is 11.4. The lowest BCUT2D eigenvalue weighted by atomic mass is 9.70. The van der Waals surface area contributed by atoms with Crippen LogP contribution in [0, 0.1) is 11.3 Å². The van der Waals surface area contributed by atoms with Gasteiger partial charge in [0.1, 0.15) is 0 Å². The molecule has 5 nitrogen and oxygen atoms in total. The molecule has 3 unspecified atom stereocenters. The van der Waals surface area contributed by atoms with Crippen molar-refractivity contribution in [2.75, 3.05) is 26.9 Å². The first-order chi connectivity index (χ1) is 11.2. The molecule has 132 valence electrons. The van der Waals surface area contributed by atoms with Gasteiger partial charge in [0.15, 0.2) is 0 Å². The van der Waals surface area contributed by atoms with Gasteiger partial charge in [-0.2, -0.15) is 0 Å². The third-order valence-corrected chi connectivity index (χ3v) is 6.33. The number of amides is 2. The maximum absolute atomic E-state index is 12.4. The van der Waals surface area contributed by atoms with Crippen molar-refractivity contribution in [3.8, 4) is 0 Å². The lowest BCUT2D eigenvalue weighted by Crippen LogP contribution is -2.51. The Balaban J connectivity index is 1.47. The van der Waals surface area contributed by atoms with Gasteiger partial charge in [-0.1, -0.05) is 25.7 Å². The Hall–Kier alpha value is -0.810. The maximum atomic E-state index is 12.4. The van der Waals surface area contributed by atoms with Gasteiger partial charge in [-0.25, -0.2) is 4.79 Å². The van der Waals surface area contributed by atoms with Crippen molar-refractivity contribution in [2.45, 2.75) is 69.9 Å². The highest BCUT2D eigenvalue weighted by Gasteiger charge is 2.43. The molecule has 3 rings (SSSR count). The summed E-state index contributed by atoms with van der Waals surface area (Å²) >= 11 is 0. The predicted octanol–water partition coefficient (Wildman–Crippen LogP) is 2.84. The normalized spacial score (nSPS) is 33.5. The Morgan fingerprint density at radius 1 is 1.17 bits per heavy atom. The topological polar surface area (TPSA) is 59.6 Å². The van der Waals surface area contributed by atoms with Crippen LogP contribution < -0.4 is 10.6 Å². The molecule has 0 radical (unpaired) electrons. The minimum absolute atomic E-state index is 0.00296. The summed E-state index contributed by atoms with van der Waals surface area (Å²) < 4.78 is 10.9. The Kier molecular flexibility index (Phi) is 5.81. The van der Waals surface area contributed by atoms with Crippen molar-refractivity contribution in [2.24, 2.45) is 11.3 Å². The number of ether oxygens (including phenoxy) is 2. The monoisotopic (exact) mass is 324 g/mol. The molecule has 1 aliphatic heterocycles. The first-order valence-corrected chi connectivity index (χ1v) is 9.38. The summed E-state index contributed by atoms with van der Waals surface area (Å²) in [7, 11) is 1.72. The lowest BCUT2D eigenvalue weighted by molar-refractivity contribution is -0.0639. The van der Waals surface area contributed by atoms with E-state index in [0.29, 0.717) is 30.5 Å². The van der Waals surface area contributed by atoms with Gasteiger partial charge in [0.2, 0.25) is 0 Å². The van der Waals surface area contributed by atoms with Gasteiger partial charge in [0.05, 0.1) is 12.7 Å². The van der Waals surface area contributed by atoms with Gasteiger partial charge in [0, 0.05) is 32.2 Å². The second-order valence-electron chi connectivity index (χ2n) is 7.62. The molecule has 2 saturated carbocycles. The van der Waals surface area contributed by atoms with Gasteiger partial charge < -0.3 is 20.1 Å². The summed E-state index contributed by atoms with van der Waals surface area (Å²) in [6.45, 7) is 2.07. The van der Waals surface area contributed by atoms with Crippen LogP contribution in [0.1, 0.15) is 57.8 Å². The van der Waals surface area contributed by atoms with Crippen molar-refractivity contribution < 1.29 is 14.3 Å². The van der Waals surface area contributed by atoms with E-state index in [1.54, 1.807) is 7.11 Å². The molecule has 23 heavy (non-hydrogen) atoms. The Morgan fingerprint density at radius 3 is 2.74 bits per heavy atom. The van der Waals surface area contributed by atoms with Crippen LogP contribution in [0.2, 0.25) is 0 Å². The second kappa shape index (κ2) is 7.84. The van der Waals surface area contributed by atoms with Crippen LogP contribution in [0.4, 0.5) is 4.79 Å². The third kappa shape index (κ3) is 4.00. The molecule has 0 aromatic rings. The molecule has 0 bridgehead atoms. The molecular formula is C18H32N2O3. The maximum Gasteiger partial charge on any atom is 0.315 e. The molecule has 3 atom stereocenters. The largest absolute Gasteiger partial charge is 0.379 e. The molecule has 1 saturated heterocycles. The average Bonchev–Trinajstić information content (AvgIpc) is 2.95. The fourth-order valence-electron chi connectivity index (χ4n) is 4.90. The van der Waals surface area contributed by atoms with Gasteiger partial charge in [0.25, 0.3) is 0 Å². The Bertz CT molecular complexity index is 396. The summed E-state index contributed by atoms with van der Waals surface area (Å²) in [5.41, 5.74) is 0.392. The first kappa shape index (κ1) is 17.0. The van der Waals surface area contributed by atoms with Crippen molar-refractivity contribution >= 4 is 6.03 Å². The number of urea groups is 1. The predicted molar refractivity (Wildman–Crippen MR) is 89.4 cm³/mol. The second-order valence-corrected chi connectivity index (χ2v) is 7.62. The number of carbonyl (C=O) groups is 1. The van der Waals surface area contributed by atoms with E-state index in [4.69, 9.17) is 9.47 Å². The van der Waals surface area contributed by atoms with Crippen LogP contribution in [0.15, 0.2) is 0 Å². The van der Waals surface area contributed by atoms with E-state index in [1.165, 1.54) is 44.9 Å². The van der Waals surface area contributed by atoms with Gasteiger partial charge in [-0.05, 0) is 37.5 Å². The number of hydrogen-bond donors (Lipinski definition) is 2. The van der Waals surface area contributed by atoms with Gasteiger partial charge in [-0.3, -0.25) is 0 Å². The van der Waals surface area contributed by atoms with E-state index in [1.807, 2.05) is 0 Å². The highest BCUT2D eigenvalue weighted by molar-refractivity contribution is 5.74. The van der Waals surface area contributed by atoms with E-state index < -0.39 is 0 Å². The molecule has 5 heteroatoms. The Morgan fingerprint density at radius 2 is 1.96 bits per heavy atom. The van der Waals surface area contributed by atoms with Crippen molar-refractivity contribution in [1.82, 2.24) is 10.6 Å². The van der Waals surface area contributed by atoms with Crippen LogP contribution in [0.5, 0.6) is 0 Å². The molecule has 0 aromatic heterocycles. The molecule has 1 spiro atoms. The smallest absolute Gasteiger partial charge is 0.315 e. The van der Waals surface area contributed by atoms with Gasteiger partial charge >= 0.3 is 6.03 Å². The van der Waals surface area contributed by atoms with E-state index in [0.717, 1.165) is 19.4 Å². The minimum Gasteiger partial charge on any atom is -0.379 e. The number of hydrogen-bond acceptors (Lipinski definition) is 3. The molecule has 0 aromatic carbocycles. The third-order valence-electron chi connectivity index (χ3n) is 6.33. The number of rotatable bonds is 4. The van der Waals surface area contributed by atoms with Crippen LogP contribution in [-0.2, 0) is 9.47 Å². The van der Waals surface area contributed by atoms with E-state index in [-0.39, 0.29) is 12.1 Å². The number of methoxy groups -OCH3 is 1. The summed E-state index contributed by atoms with van der Waals surface area (Å²) in [5, 5.41) is 6.37. The van der Waals surface area contributed by atoms with E-state index in [2.05, 4.69) is 10.6 Å². The quantitative estimate of drug-likeness (QED) is 0.836. The zero-order valence-electron chi connectivity index (χ0n) is 14.4. The summed E-state index contributed by atoms with van der Waals surface area (Å²) in [5.74, 6) is 0.353. The number of carbonyl (C=O) groups excluding carboxylic acids is 1. The highest BCUT2D eigenvalue weighted by Crippen LogP contribution is 2.49. The lowest BCUT2D eigenvalue weighted by Gasteiger charge is -2.39. The molecule has 3 aliphatic rings. The summed E-state index contributed by atoms with van der Waals surface area (Å²) in [6, 6.07) is 0.374. The highest BCUT2D eigenvalue weighted by atomic mass is 16.5. The zero-order chi connectivity index (χ0) is 16.1. The number of nitrogens with one attached hydrogen (secondary N) is 2. The van der Waals surface area contributed by atoms with E-state index >= 15 is 0 Å². The molecule has 2 amide bonds. The SMILES string of the molecule is COC1COCCC1CNC(=O)NC1CCCC12CCCCC2. The minimum atomic E-state index is 0.00296. The van der Waals surface area contributed by atoms with Gasteiger partial charge in [-0.15, -0.1) is 0 Å². The van der Waals surface area contributed by atoms with Crippen LogP contribution in [0.25, 0.3) is 0 Å². The van der Waals surface area contributed by atoms with E-state index in [9.17, 15) is 4.79 Å². The van der Waals surface area contributed by atoms with Crippen molar-refractivity contribution in [3.63, 3.8) is 0 Å². The Labute approximate surface area is 139 Å². The van der Waals surface area contributed by atoms with Crippen LogP contribution in [0.3, 0.4) is 0 Å². The van der Waals surface area contributed by atoms with Crippen molar-refractivity contribution in [3.05, 3.63) is 0 Å². The van der Waals surface area contributed by atoms with Crippen LogP contribution in [-0.4, -0.2) is 45.0 Å². The average molecular weight is 324 g/mol. The van der Waals surface area contributed by atoms with Crippen LogP contribution >= 0.6 is 0 Å².